The van der Waals surface area contributed by atoms with E-state index in [9.17, 15) is 4.79 Å². The lowest BCUT2D eigenvalue weighted by Gasteiger charge is -2.36. The third-order valence-electron chi connectivity index (χ3n) is 4.57. The van der Waals surface area contributed by atoms with Crippen LogP contribution in [0.15, 0.2) is 24.3 Å². The molecule has 0 unspecified atom stereocenters. The summed E-state index contributed by atoms with van der Waals surface area (Å²) in [7, 11) is 3.34. The van der Waals surface area contributed by atoms with Crippen molar-refractivity contribution in [3.05, 3.63) is 39.8 Å². The fraction of sp³-hybridized carbons (Fsp3) is 0.474. The van der Waals surface area contributed by atoms with Gasteiger partial charge in [0, 0.05) is 38.2 Å². The van der Waals surface area contributed by atoms with Crippen molar-refractivity contribution in [2.24, 2.45) is 0 Å². The molecule has 6 nitrogen and oxygen atoms in total. The van der Waals surface area contributed by atoms with Crippen LogP contribution in [0.25, 0.3) is 0 Å². The first-order valence-electron chi connectivity index (χ1n) is 8.72. The maximum atomic E-state index is 12.7. The summed E-state index contributed by atoms with van der Waals surface area (Å²) in [6, 6.07) is 8.02. The first kappa shape index (κ1) is 18.7. The zero-order valence-electron chi connectivity index (χ0n) is 15.5. The van der Waals surface area contributed by atoms with Crippen LogP contribution in [-0.2, 0) is 22.6 Å². The molecule has 0 bridgehead atoms. The summed E-state index contributed by atoms with van der Waals surface area (Å²) in [5.74, 6) is 1.04. The molecule has 0 spiro atoms. The largest absolute Gasteiger partial charge is 0.495 e. The van der Waals surface area contributed by atoms with Crippen LogP contribution in [-0.4, -0.2) is 56.2 Å². The summed E-state index contributed by atoms with van der Waals surface area (Å²) in [4.78, 5) is 22.4. The predicted molar refractivity (Wildman–Crippen MR) is 103 cm³/mol. The lowest BCUT2D eigenvalue weighted by Crippen LogP contribution is -2.49. The molecule has 0 N–H and O–H groups in total. The number of thiazole rings is 1. The molecule has 0 radical (unpaired) electrons. The molecule has 26 heavy (non-hydrogen) atoms. The summed E-state index contributed by atoms with van der Waals surface area (Å²) < 4.78 is 10.6. The number of amides is 1. The summed E-state index contributed by atoms with van der Waals surface area (Å²) in [5, 5.41) is 0.925. The van der Waals surface area contributed by atoms with Gasteiger partial charge in [-0.15, -0.1) is 11.3 Å². The molecule has 0 saturated carbocycles. The van der Waals surface area contributed by atoms with Gasteiger partial charge in [0.1, 0.15) is 10.8 Å². The molecule has 2 aromatic rings. The molecule has 7 heteroatoms. The topological polar surface area (TPSA) is 54.9 Å². The molecule has 1 aliphatic rings. The number of aromatic nitrogens is 1. The van der Waals surface area contributed by atoms with Gasteiger partial charge in [0.05, 0.1) is 31.5 Å². The van der Waals surface area contributed by atoms with Crippen LogP contribution in [0.2, 0.25) is 0 Å². The van der Waals surface area contributed by atoms with Crippen molar-refractivity contribution in [1.29, 1.82) is 0 Å². The van der Waals surface area contributed by atoms with Crippen molar-refractivity contribution in [2.45, 2.75) is 20.0 Å². The Morgan fingerprint density at radius 2 is 1.92 bits per heavy atom. The van der Waals surface area contributed by atoms with E-state index in [0.717, 1.165) is 53.2 Å². The minimum absolute atomic E-state index is 0.167. The fourth-order valence-electron chi connectivity index (χ4n) is 3.17. The van der Waals surface area contributed by atoms with Gasteiger partial charge in [-0.2, -0.15) is 0 Å². The standard InChI is InChI=1S/C19H25N3O3S/c1-14-17(26-18(20-14)13-24-2)12-19(23)22-10-8-21(9-11-22)15-6-4-5-7-16(15)25-3/h4-7H,8-13H2,1-3H3. The van der Waals surface area contributed by atoms with Crippen molar-refractivity contribution in [3.8, 4) is 5.75 Å². The molecule has 0 aliphatic carbocycles. The number of carbonyl (C=O) groups excluding carboxylic acids is 1. The van der Waals surface area contributed by atoms with Gasteiger partial charge < -0.3 is 19.3 Å². The number of hydrogen-bond donors (Lipinski definition) is 0. The van der Waals surface area contributed by atoms with Crippen molar-refractivity contribution in [3.63, 3.8) is 0 Å². The van der Waals surface area contributed by atoms with Gasteiger partial charge in [0.15, 0.2) is 0 Å². The molecular weight excluding hydrogens is 350 g/mol. The number of ether oxygens (including phenoxy) is 2. The Hall–Kier alpha value is -2.12. The Morgan fingerprint density at radius 1 is 1.19 bits per heavy atom. The highest BCUT2D eigenvalue weighted by Gasteiger charge is 2.24. The van der Waals surface area contributed by atoms with Crippen molar-refractivity contribution < 1.29 is 14.3 Å². The van der Waals surface area contributed by atoms with Crippen LogP contribution in [0, 0.1) is 6.92 Å². The number of hydrogen-bond acceptors (Lipinski definition) is 6. The number of nitrogens with zero attached hydrogens (tertiary/aromatic N) is 3. The molecule has 2 heterocycles. The molecule has 3 rings (SSSR count). The molecule has 1 aromatic heterocycles. The Bertz CT molecular complexity index is 754. The molecule has 1 fully saturated rings. The van der Waals surface area contributed by atoms with Gasteiger partial charge in [-0.3, -0.25) is 4.79 Å². The summed E-state index contributed by atoms with van der Waals surface area (Å²) in [6.07, 6.45) is 0.419. The minimum Gasteiger partial charge on any atom is -0.495 e. The normalized spacial score (nSPS) is 14.6. The lowest BCUT2D eigenvalue weighted by molar-refractivity contribution is -0.130. The Balaban J connectivity index is 1.58. The van der Waals surface area contributed by atoms with Gasteiger partial charge in [-0.25, -0.2) is 4.98 Å². The number of rotatable bonds is 6. The van der Waals surface area contributed by atoms with Crippen LogP contribution in [0.3, 0.4) is 0 Å². The zero-order chi connectivity index (χ0) is 18.5. The lowest BCUT2D eigenvalue weighted by atomic mass is 10.2. The number of methoxy groups -OCH3 is 2. The van der Waals surface area contributed by atoms with E-state index in [1.807, 2.05) is 30.0 Å². The van der Waals surface area contributed by atoms with E-state index < -0.39 is 0 Å². The highest BCUT2D eigenvalue weighted by atomic mass is 32.1. The number of carbonyl (C=O) groups is 1. The number of para-hydroxylation sites is 2. The van der Waals surface area contributed by atoms with E-state index in [1.165, 1.54) is 0 Å². The van der Waals surface area contributed by atoms with Gasteiger partial charge in [-0.05, 0) is 19.1 Å². The second-order valence-corrected chi connectivity index (χ2v) is 7.43. The second-order valence-electron chi connectivity index (χ2n) is 6.27. The highest BCUT2D eigenvalue weighted by Crippen LogP contribution is 2.28. The minimum atomic E-state index is 0.167. The van der Waals surface area contributed by atoms with Crippen LogP contribution in [0.1, 0.15) is 15.6 Å². The number of benzene rings is 1. The molecule has 140 valence electrons. The van der Waals surface area contributed by atoms with Gasteiger partial charge >= 0.3 is 0 Å². The average molecular weight is 375 g/mol. The molecular formula is C19H25N3O3S. The van der Waals surface area contributed by atoms with Gasteiger partial charge in [0.2, 0.25) is 5.91 Å². The Morgan fingerprint density at radius 3 is 2.62 bits per heavy atom. The van der Waals surface area contributed by atoms with Crippen molar-refractivity contribution in [2.75, 3.05) is 45.3 Å². The maximum absolute atomic E-state index is 12.7. The summed E-state index contributed by atoms with van der Waals surface area (Å²) >= 11 is 1.57. The second kappa shape index (κ2) is 8.51. The van der Waals surface area contributed by atoms with Crippen LogP contribution in [0.5, 0.6) is 5.75 Å². The monoisotopic (exact) mass is 375 g/mol. The zero-order valence-corrected chi connectivity index (χ0v) is 16.3. The van der Waals surface area contributed by atoms with E-state index in [-0.39, 0.29) is 5.91 Å². The average Bonchev–Trinajstić information content (AvgIpc) is 3.01. The van der Waals surface area contributed by atoms with E-state index >= 15 is 0 Å². The van der Waals surface area contributed by atoms with E-state index in [2.05, 4.69) is 16.0 Å². The predicted octanol–water partition coefficient (Wildman–Crippen LogP) is 2.50. The fourth-order valence-corrected chi connectivity index (χ4v) is 4.21. The van der Waals surface area contributed by atoms with Crippen LogP contribution in [0.4, 0.5) is 5.69 Å². The van der Waals surface area contributed by atoms with Crippen molar-refractivity contribution in [1.82, 2.24) is 9.88 Å². The van der Waals surface area contributed by atoms with Gasteiger partial charge in [-0.1, -0.05) is 12.1 Å². The summed E-state index contributed by atoms with van der Waals surface area (Å²) in [5.41, 5.74) is 2.02. The Kier molecular flexibility index (Phi) is 6.11. The summed E-state index contributed by atoms with van der Waals surface area (Å²) in [6.45, 7) is 5.51. The third kappa shape index (κ3) is 4.16. The maximum Gasteiger partial charge on any atom is 0.228 e. The molecule has 1 aromatic carbocycles. The first-order chi connectivity index (χ1) is 12.6. The SMILES string of the molecule is COCc1nc(C)c(CC(=O)N2CCN(c3ccccc3OC)CC2)s1. The Labute approximate surface area is 158 Å². The first-order valence-corrected chi connectivity index (χ1v) is 9.54. The third-order valence-corrected chi connectivity index (χ3v) is 5.71. The van der Waals surface area contributed by atoms with Crippen molar-refractivity contribution >= 4 is 22.9 Å². The van der Waals surface area contributed by atoms with E-state index in [0.29, 0.717) is 13.0 Å². The number of anilines is 1. The molecule has 1 saturated heterocycles. The van der Waals surface area contributed by atoms with E-state index in [4.69, 9.17) is 9.47 Å². The van der Waals surface area contributed by atoms with E-state index in [1.54, 1.807) is 25.6 Å². The number of aryl methyl sites for hydroxylation is 1. The van der Waals surface area contributed by atoms with Crippen LogP contribution < -0.4 is 9.64 Å². The molecule has 1 amide bonds. The smallest absolute Gasteiger partial charge is 0.228 e. The molecule has 1 aliphatic heterocycles. The van der Waals surface area contributed by atoms with Crippen LogP contribution >= 0.6 is 11.3 Å². The quantitative estimate of drug-likeness (QED) is 0.776. The highest BCUT2D eigenvalue weighted by molar-refractivity contribution is 7.11. The van der Waals surface area contributed by atoms with Gasteiger partial charge in [0.25, 0.3) is 0 Å². The molecule has 0 atom stereocenters. The number of piperazine rings is 1.